The van der Waals surface area contributed by atoms with Gasteiger partial charge in [-0.2, -0.15) is 5.26 Å². The minimum absolute atomic E-state index is 0.00213. The van der Waals surface area contributed by atoms with Crippen LogP contribution in [0.3, 0.4) is 0 Å². The van der Waals surface area contributed by atoms with Crippen LogP contribution < -0.4 is 4.90 Å². The molecule has 3 aromatic heterocycles. The second-order valence-electron chi connectivity index (χ2n) is 10.7. The molecule has 1 amide bonds. The van der Waals surface area contributed by atoms with Gasteiger partial charge in [0.25, 0.3) is 5.91 Å². The quantitative estimate of drug-likeness (QED) is 0.533. The molecule has 0 spiro atoms. The van der Waals surface area contributed by atoms with Crippen LogP contribution in [0, 0.1) is 18.3 Å². The molecule has 0 radical (unpaired) electrons. The number of fused-ring (bicyclic) bond motifs is 2. The van der Waals surface area contributed by atoms with E-state index in [-0.39, 0.29) is 11.9 Å². The van der Waals surface area contributed by atoms with Crippen molar-refractivity contribution in [2.24, 2.45) is 0 Å². The van der Waals surface area contributed by atoms with Gasteiger partial charge in [-0.3, -0.25) is 9.20 Å². The highest BCUT2D eigenvalue weighted by Crippen LogP contribution is 2.39. The summed E-state index contributed by atoms with van der Waals surface area (Å²) in [7, 11) is 0. The summed E-state index contributed by atoms with van der Waals surface area (Å²) >= 11 is 0. The van der Waals surface area contributed by atoms with Crippen molar-refractivity contribution < 1.29 is 9.53 Å². The fraction of sp³-hybridized carbons (Fsp3) is 0.517. The molecule has 3 aliphatic rings. The Bertz CT molecular complexity index is 1380. The number of hydrogen-bond donors (Lipinski definition) is 0. The number of hydrogen-bond acceptors (Lipinski definition) is 6. The van der Waals surface area contributed by atoms with Gasteiger partial charge in [-0.25, -0.2) is 9.97 Å². The number of nitrogens with zero attached hydrogens (tertiary/aromatic N) is 6. The van der Waals surface area contributed by atoms with Crippen molar-refractivity contribution in [3.8, 4) is 6.07 Å². The zero-order valence-electron chi connectivity index (χ0n) is 21.7. The number of amides is 1. The van der Waals surface area contributed by atoms with Crippen molar-refractivity contribution in [1.29, 1.82) is 5.26 Å². The zero-order valence-corrected chi connectivity index (χ0v) is 21.7. The largest absolute Gasteiger partial charge is 0.376 e. The monoisotopic (exact) mass is 498 g/mol. The third-order valence-electron chi connectivity index (χ3n) is 8.37. The van der Waals surface area contributed by atoms with Gasteiger partial charge in [0, 0.05) is 43.4 Å². The number of aryl methyl sites for hydroxylation is 1. The second-order valence-corrected chi connectivity index (χ2v) is 10.7. The lowest BCUT2D eigenvalue weighted by Crippen LogP contribution is -2.54. The molecule has 1 atom stereocenters. The van der Waals surface area contributed by atoms with Crippen LogP contribution in [0.4, 0.5) is 5.82 Å². The van der Waals surface area contributed by atoms with Gasteiger partial charge in [0.2, 0.25) is 0 Å². The molecule has 6 rings (SSSR count). The molecule has 0 N–H and O–H groups in total. The Morgan fingerprint density at radius 2 is 1.97 bits per heavy atom. The maximum Gasteiger partial charge on any atom is 0.273 e. The van der Waals surface area contributed by atoms with Crippen LogP contribution in [0.15, 0.2) is 24.4 Å². The van der Waals surface area contributed by atoms with E-state index in [1.807, 2.05) is 40.6 Å². The molecule has 8 heteroatoms. The summed E-state index contributed by atoms with van der Waals surface area (Å²) in [5.74, 6) is 1.24. The summed E-state index contributed by atoms with van der Waals surface area (Å²) in [5.41, 5.74) is 6.28. The highest BCUT2D eigenvalue weighted by molar-refractivity contribution is 5.95. The van der Waals surface area contributed by atoms with Gasteiger partial charge in [0.1, 0.15) is 23.2 Å². The van der Waals surface area contributed by atoms with Crippen LogP contribution in [-0.4, -0.2) is 57.5 Å². The van der Waals surface area contributed by atoms with Crippen LogP contribution in [-0.2, 0) is 17.8 Å². The third kappa shape index (κ3) is 4.15. The molecule has 0 bridgehead atoms. The topological polar surface area (TPSA) is 86.8 Å². The average Bonchev–Trinajstić information content (AvgIpc) is 3.27. The number of rotatable bonds is 3. The predicted molar refractivity (Wildman–Crippen MR) is 141 cm³/mol. The van der Waals surface area contributed by atoms with Crippen LogP contribution >= 0.6 is 0 Å². The average molecular weight is 499 g/mol. The van der Waals surface area contributed by atoms with Crippen LogP contribution in [0.1, 0.15) is 83.5 Å². The molecule has 2 fully saturated rings. The van der Waals surface area contributed by atoms with Crippen molar-refractivity contribution in [1.82, 2.24) is 19.3 Å². The number of aromatic nitrogens is 3. The first-order chi connectivity index (χ1) is 18.1. The number of carbonyl (C=O) groups is 1. The Hall–Kier alpha value is -3.44. The Labute approximate surface area is 217 Å². The van der Waals surface area contributed by atoms with Crippen molar-refractivity contribution in [2.45, 2.75) is 70.9 Å². The predicted octanol–water partition coefficient (Wildman–Crippen LogP) is 4.38. The number of carbonyl (C=O) groups excluding carboxylic acids is 1. The Balaban J connectivity index is 1.31. The van der Waals surface area contributed by atoms with Gasteiger partial charge in [-0.1, -0.05) is 25.3 Å². The second kappa shape index (κ2) is 9.79. The minimum atomic E-state index is -0.0271. The highest BCUT2D eigenvalue weighted by atomic mass is 16.5. The summed E-state index contributed by atoms with van der Waals surface area (Å²) in [6.07, 6.45) is 8.73. The van der Waals surface area contributed by atoms with E-state index in [0.29, 0.717) is 50.0 Å². The third-order valence-corrected chi connectivity index (χ3v) is 8.37. The normalized spacial score (nSPS) is 20.6. The molecule has 0 aromatic carbocycles. The number of ether oxygens (including phenoxy) is 1. The summed E-state index contributed by atoms with van der Waals surface area (Å²) in [4.78, 5) is 27.7. The molecule has 8 nitrogen and oxygen atoms in total. The number of anilines is 1. The number of imidazole rings is 1. The summed E-state index contributed by atoms with van der Waals surface area (Å²) in [6, 6.07) is 8.25. The molecule has 5 heterocycles. The maximum absolute atomic E-state index is 13.7. The van der Waals surface area contributed by atoms with Gasteiger partial charge in [-0.05, 0) is 50.8 Å². The van der Waals surface area contributed by atoms with E-state index in [1.165, 1.54) is 19.3 Å². The lowest BCUT2D eigenvalue weighted by molar-refractivity contribution is 0.0665. The number of piperazine rings is 1. The van der Waals surface area contributed by atoms with Gasteiger partial charge < -0.3 is 14.5 Å². The molecule has 3 aromatic rings. The molecule has 1 saturated carbocycles. The van der Waals surface area contributed by atoms with Gasteiger partial charge >= 0.3 is 0 Å². The standard InChI is InChI=1S/C29H34N6O2/c1-19-17-33(13-14-34(19)29(36)27-20(2)31-25-10-6-7-12-35(25)27)28-23(16-30)22-11-15-37-18-24(22)26(32-28)21-8-4-3-5-9-21/h6-7,10,12,19,21H,3-5,8-9,11,13-15,17-18H2,1-2H3/t19-/m1/s1. The lowest BCUT2D eigenvalue weighted by atomic mass is 9.82. The van der Waals surface area contributed by atoms with E-state index in [1.54, 1.807) is 0 Å². The molecule has 2 aliphatic heterocycles. The van der Waals surface area contributed by atoms with Crippen LogP contribution in [0.5, 0.6) is 0 Å². The fourth-order valence-electron chi connectivity index (χ4n) is 6.48. The Morgan fingerprint density at radius 3 is 2.76 bits per heavy atom. The van der Waals surface area contributed by atoms with Gasteiger partial charge in [0.15, 0.2) is 0 Å². The highest BCUT2D eigenvalue weighted by Gasteiger charge is 2.34. The number of pyridine rings is 2. The van der Waals surface area contributed by atoms with E-state index < -0.39 is 0 Å². The number of nitriles is 1. The molecular weight excluding hydrogens is 464 g/mol. The first-order valence-electron chi connectivity index (χ1n) is 13.6. The molecule has 37 heavy (non-hydrogen) atoms. The lowest BCUT2D eigenvalue weighted by Gasteiger charge is -2.41. The maximum atomic E-state index is 13.7. The molecule has 1 aliphatic carbocycles. The molecular formula is C29H34N6O2. The molecule has 192 valence electrons. The zero-order chi connectivity index (χ0) is 25.5. The fourth-order valence-corrected chi connectivity index (χ4v) is 6.48. The molecule has 0 unspecified atom stereocenters. The van der Waals surface area contributed by atoms with Gasteiger partial charge in [-0.15, -0.1) is 0 Å². The van der Waals surface area contributed by atoms with Crippen molar-refractivity contribution in [2.75, 3.05) is 31.1 Å². The van der Waals surface area contributed by atoms with Crippen molar-refractivity contribution in [3.63, 3.8) is 0 Å². The van der Waals surface area contributed by atoms with E-state index >= 15 is 0 Å². The van der Waals surface area contributed by atoms with Crippen LogP contribution in [0.25, 0.3) is 5.65 Å². The Morgan fingerprint density at radius 1 is 1.14 bits per heavy atom. The van der Waals surface area contributed by atoms with E-state index in [0.717, 1.165) is 53.2 Å². The van der Waals surface area contributed by atoms with E-state index in [2.05, 4.69) is 22.9 Å². The van der Waals surface area contributed by atoms with E-state index in [9.17, 15) is 10.1 Å². The first-order valence-corrected chi connectivity index (χ1v) is 13.6. The minimum Gasteiger partial charge on any atom is -0.376 e. The van der Waals surface area contributed by atoms with E-state index in [4.69, 9.17) is 9.72 Å². The van der Waals surface area contributed by atoms with Crippen molar-refractivity contribution in [3.05, 3.63) is 58.2 Å². The van der Waals surface area contributed by atoms with Gasteiger partial charge in [0.05, 0.1) is 30.2 Å². The SMILES string of the molecule is Cc1nc2ccccn2c1C(=O)N1CCN(c2nc(C3CCCCC3)c3c(c2C#N)CCOC3)C[C@H]1C. The van der Waals surface area contributed by atoms with Crippen molar-refractivity contribution >= 4 is 17.4 Å². The smallest absolute Gasteiger partial charge is 0.273 e. The Kier molecular flexibility index (Phi) is 6.33. The summed E-state index contributed by atoms with van der Waals surface area (Å²) in [5, 5.41) is 10.2. The summed E-state index contributed by atoms with van der Waals surface area (Å²) in [6.45, 7) is 7.05. The van der Waals surface area contributed by atoms with Crippen LogP contribution in [0.2, 0.25) is 0 Å². The summed E-state index contributed by atoms with van der Waals surface area (Å²) < 4.78 is 7.71. The first kappa shape index (κ1) is 23.9. The molecule has 1 saturated heterocycles.